The van der Waals surface area contributed by atoms with Gasteiger partial charge in [0.25, 0.3) is 0 Å². The summed E-state index contributed by atoms with van der Waals surface area (Å²) in [6.07, 6.45) is 0. The van der Waals surface area contributed by atoms with Crippen molar-refractivity contribution in [2.24, 2.45) is 0 Å². The lowest BCUT2D eigenvalue weighted by atomic mass is 9.66. The monoisotopic (exact) mass is 829 g/mol. The van der Waals surface area contributed by atoms with Crippen molar-refractivity contribution in [1.82, 2.24) is 0 Å². The summed E-state index contributed by atoms with van der Waals surface area (Å²) in [5, 5.41) is 0. The Morgan fingerprint density at radius 3 is 1.25 bits per heavy atom. The molecule has 0 saturated carbocycles. The topological polar surface area (TPSA) is 21.7 Å². The van der Waals surface area contributed by atoms with Gasteiger partial charge in [-0.3, -0.25) is 0 Å². The lowest BCUT2D eigenvalue weighted by molar-refractivity contribution is 0.436. The lowest BCUT2D eigenvalue weighted by Crippen LogP contribution is -2.32. The lowest BCUT2D eigenvalue weighted by Gasteiger charge is -2.39. The molecule has 0 saturated heterocycles. The summed E-state index contributed by atoms with van der Waals surface area (Å²) < 4.78 is 13.3. The molecule has 3 heteroatoms. The molecule has 0 bridgehead atoms. The zero-order valence-electron chi connectivity index (χ0n) is 35.3. The van der Waals surface area contributed by atoms with Crippen LogP contribution in [0.4, 0.5) is 17.1 Å². The molecule has 0 aromatic heterocycles. The van der Waals surface area contributed by atoms with Crippen molar-refractivity contribution in [3.05, 3.63) is 281 Å². The quantitative estimate of drug-likeness (QED) is 0.176. The van der Waals surface area contributed by atoms with Crippen LogP contribution in [-0.4, -0.2) is 0 Å². The average Bonchev–Trinajstić information content (AvgIpc) is 3.83. The minimum Gasteiger partial charge on any atom is -0.457 e. The molecule has 0 N–H and O–H groups in total. The third-order valence-electron chi connectivity index (χ3n) is 14.4. The number of nitrogens with zero attached hydrogens (tertiary/aromatic N) is 1. The van der Waals surface area contributed by atoms with E-state index in [0.29, 0.717) is 0 Å². The summed E-state index contributed by atoms with van der Waals surface area (Å²) in [5.74, 6) is 3.58. The Balaban J connectivity index is 0.944. The van der Waals surface area contributed by atoms with Crippen LogP contribution in [-0.2, 0) is 10.8 Å². The number of hydrogen-bond acceptors (Lipinski definition) is 3. The largest absolute Gasteiger partial charge is 0.457 e. The van der Waals surface area contributed by atoms with E-state index in [1.807, 2.05) is 0 Å². The van der Waals surface area contributed by atoms with Gasteiger partial charge in [0.15, 0.2) is 0 Å². The number of para-hydroxylation sites is 5. The van der Waals surface area contributed by atoms with Gasteiger partial charge in [0.2, 0.25) is 0 Å². The smallest absolute Gasteiger partial charge is 0.132 e. The molecule has 0 amide bonds. The van der Waals surface area contributed by atoms with Gasteiger partial charge in [-0.05, 0) is 116 Å². The van der Waals surface area contributed by atoms with Gasteiger partial charge in [0.1, 0.15) is 23.0 Å². The Morgan fingerprint density at radius 1 is 0.262 bits per heavy atom. The van der Waals surface area contributed by atoms with E-state index in [1.165, 1.54) is 61.2 Å². The predicted octanol–water partition coefficient (Wildman–Crippen LogP) is 15.8. The highest BCUT2D eigenvalue weighted by molar-refractivity contribution is 5.97. The fourth-order valence-corrected chi connectivity index (χ4v) is 11.9. The molecule has 2 spiro atoms. The first kappa shape index (κ1) is 36.1. The van der Waals surface area contributed by atoms with Gasteiger partial charge in [-0.1, -0.05) is 176 Å². The molecule has 2 heterocycles. The van der Waals surface area contributed by atoms with Crippen molar-refractivity contribution in [3.8, 4) is 56.4 Å². The number of benzene rings is 10. The third-order valence-corrected chi connectivity index (χ3v) is 14.4. The van der Waals surface area contributed by atoms with Gasteiger partial charge in [-0.25, -0.2) is 0 Å². The molecule has 3 nitrogen and oxygen atoms in total. The maximum atomic E-state index is 6.65. The highest BCUT2D eigenvalue weighted by Gasteiger charge is 2.53. The van der Waals surface area contributed by atoms with Gasteiger partial charge < -0.3 is 14.4 Å². The second-order valence-electron chi connectivity index (χ2n) is 17.5. The van der Waals surface area contributed by atoms with Crippen LogP contribution in [0.3, 0.4) is 0 Å². The molecule has 14 rings (SSSR count). The Bertz CT molecular complexity index is 3480. The first-order valence-electron chi connectivity index (χ1n) is 22.4. The first-order valence-corrected chi connectivity index (χ1v) is 22.4. The van der Waals surface area contributed by atoms with E-state index in [2.05, 4.69) is 241 Å². The van der Waals surface area contributed by atoms with Gasteiger partial charge in [0.05, 0.1) is 10.8 Å². The maximum Gasteiger partial charge on any atom is 0.132 e. The summed E-state index contributed by atoms with van der Waals surface area (Å²) in [5.41, 5.74) is 19.3. The average molecular weight is 830 g/mol. The normalized spacial score (nSPS) is 14.3. The fourth-order valence-electron chi connectivity index (χ4n) is 11.9. The Hall–Kier alpha value is -8.40. The number of fused-ring (bicyclic) bond motifs is 18. The van der Waals surface area contributed by atoms with Crippen LogP contribution >= 0.6 is 0 Å². The van der Waals surface area contributed by atoms with E-state index >= 15 is 0 Å². The third kappa shape index (κ3) is 4.79. The highest BCUT2D eigenvalue weighted by atomic mass is 16.5. The van der Waals surface area contributed by atoms with E-state index < -0.39 is 10.8 Å². The standard InChI is InChI=1S/C62H39NO2/c1-2-17-41(18-3-1)63(43-37-38-46-45-19-4-6-22-48(45)62(55(46)39-43)52-26-10-14-31-58(52)65-59-32-15-11-27-53(59)62)42-35-33-40(34-36-42)44-21-16-28-54-60(44)47-20-5-7-23-49(47)61(54)50-24-8-12-29-56(50)64-57-30-13-9-25-51(57)61/h1-39H. The number of hydrogen-bond donors (Lipinski definition) is 0. The summed E-state index contributed by atoms with van der Waals surface area (Å²) in [6, 6.07) is 86.0. The molecule has 0 radical (unpaired) electrons. The van der Waals surface area contributed by atoms with Crippen LogP contribution < -0.4 is 14.4 Å². The van der Waals surface area contributed by atoms with Crippen LogP contribution in [0.15, 0.2) is 237 Å². The summed E-state index contributed by atoms with van der Waals surface area (Å²) >= 11 is 0. The number of ether oxygens (including phenoxy) is 2. The van der Waals surface area contributed by atoms with Crippen molar-refractivity contribution in [2.75, 3.05) is 4.90 Å². The number of anilines is 3. The van der Waals surface area contributed by atoms with Crippen molar-refractivity contribution in [2.45, 2.75) is 10.8 Å². The second-order valence-corrected chi connectivity index (χ2v) is 17.5. The molecular formula is C62H39NO2. The molecule has 2 aliphatic carbocycles. The molecule has 0 atom stereocenters. The van der Waals surface area contributed by atoms with Crippen molar-refractivity contribution in [1.29, 1.82) is 0 Å². The SMILES string of the molecule is c1ccc(N(c2ccc(-c3cccc4c3-c3ccccc3C43c4ccccc4Oc4ccccc43)cc2)c2ccc3c(c2)C2(c4ccccc4Oc4ccccc42)c2ccccc2-3)cc1. The highest BCUT2D eigenvalue weighted by Crippen LogP contribution is 2.65. The van der Waals surface area contributed by atoms with E-state index in [-0.39, 0.29) is 0 Å². The van der Waals surface area contributed by atoms with Gasteiger partial charge in [-0.15, -0.1) is 0 Å². The minimum absolute atomic E-state index is 0.520. The fraction of sp³-hybridized carbons (Fsp3) is 0.0323. The summed E-state index contributed by atoms with van der Waals surface area (Å²) in [4.78, 5) is 2.40. The van der Waals surface area contributed by atoms with E-state index in [1.54, 1.807) is 0 Å². The second kappa shape index (κ2) is 13.6. The zero-order chi connectivity index (χ0) is 42.7. The zero-order valence-corrected chi connectivity index (χ0v) is 35.3. The van der Waals surface area contributed by atoms with Crippen LogP contribution in [0.2, 0.25) is 0 Å². The van der Waals surface area contributed by atoms with Crippen LogP contribution in [0, 0.1) is 0 Å². The van der Waals surface area contributed by atoms with Crippen molar-refractivity contribution >= 4 is 17.1 Å². The Kier molecular flexibility index (Phi) is 7.53. The first-order chi connectivity index (χ1) is 32.2. The molecule has 0 fully saturated rings. The minimum atomic E-state index is -0.563. The molecule has 10 aromatic carbocycles. The van der Waals surface area contributed by atoms with Crippen LogP contribution in [0.1, 0.15) is 44.5 Å². The van der Waals surface area contributed by atoms with E-state index in [4.69, 9.17) is 9.47 Å². The summed E-state index contributed by atoms with van der Waals surface area (Å²) in [7, 11) is 0. The molecular weight excluding hydrogens is 791 g/mol. The molecule has 65 heavy (non-hydrogen) atoms. The van der Waals surface area contributed by atoms with E-state index in [9.17, 15) is 0 Å². The van der Waals surface area contributed by atoms with Gasteiger partial charge >= 0.3 is 0 Å². The Labute approximate surface area is 378 Å². The molecule has 10 aromatic rings. The van der Waals surface area contributed by atoms with Crippen LogP contribution in [0.25, 0.3) is 33.4 Å². The molecule has 4 aliphatic rings. The maximum absolute atomic E-state index is 6.65. The molecule has 304 valence electrons. The predicted molar refractivity (Wildman–Crippen MR) is 261 cm³/mol. The number of rotatable bonds is 4. The van der Waals surface area contributed by atoms with Crippen LogP contribution in [0.5, 0.6) is 23.0 Å². The van der Waals surface area contributed by atoms with Gasteiger partial charge in [-0.2, -0.15) is 0 Å². The Morgan fingerprint density at radius 2 is 0.662 bits per heavy atom. The van der Waals surface area contributed by atoms with Crippen molar-refractivity contribution < 1.29 is 9.47 Å². The molecule has 2 aliphatic heterocycles. The van der Waals surface area contributed by atoms with E-state index in [0.717, 1.165) is 56.8 Å². The molecule has 0 unspecified atom stereocenters. The van der Waals surface area contributed by atoms with Crippen molar-refractivity contribution in [3.63, 3.8) is 0 Å². The van der Waals surface area contributed by atoms with Gasteiger partial charge in [0, 0.05) is 39.3 Å². The summed E-state index contributed by atoms with van der Waals surface area (Å²) in [6.45, 7) is 0.